The van der Waals surface area contributed by atoms with Gasteiger partial charge in [-0.2, -0.15) is 0 Å². The number of nitrogens with zero attached hydrogens (tertiary/aromatic N) is 2. The van der Waals surface area contributed by atoms with Gasteiger partial charge >= 0.3 is 0 Å². The number of nitrogens with one attached hydrogen (secondary N) is 1. The molecule has 1 atom stereocenters. The van der Waals surface area contributed by atoms with Crippen molar-refractivity contribution < 1.29 is 9.66 Å². The molecule has 6 heteroatoms. The Labute approximate surface area is 126 Å². The Balaban J connectivity index is 2.78. The maximum absolute atomic E-state index is 11.1. The fourth-order valence-electron chi connectivity index (χ4n) is 2.40. The number of methoxy groups -OCH3 is 1. The van der Waals surface area contributed by atoms with Gasteiger partial charge in [-0.25, -0.2) is 0 Å². The Morgan fingerprint density at radius 3 is 2.76 bits per heavy atom. The van der Waals surface area contributed by atoms with E-state index < -0.39 is 0 Å². The number of pyridine rings is 1. The molecule has 0 saturated heterocycles. The molecule has 21 heavy (non-hydrogen) atoms. The van der Waals surface area contributed by atoms with E-state index in [-0.39, 0.29) is 16.7 Å². The highest BCUT2D eigenvalue weighted by molar-refractivity contribution is 5.47. The van der Waals surface area contributed by atoms with Crippen LogP contribution in [0, 0.1) is 24.0 Å². The van der Waals surface area contributed by atoms with Gasteiger partial charge < -0.3 is 10.1 Å². The summed E-state index contributed by atoms with van der Waals surface area (Å²) in [6, 6.07) is 0.247. The fraction of sp³-hybridized carbons (Fsp3) is 0.667. The average molecular weight is 295 g/mol. The zero-order valence-corrected chi connectivity index (χ0v) is 13.3. The minimum atomic E-state index is -0.322. The Kier molecular flexibility index (Phi) is 7.25. The van der Waals surface area contributed by atoms with Gasteiger partial charge in [0.15, 0.2) is 0 Å². The van der Waals surface area contributed by atoms with Crippen LogP contribution in [0.25, 0.3) is 0 Å². The lowest BCUT2D eigenvalue weighted by atomic mass is 10.0. The Hall–Kier alpha value is -1.53. The molecular formula is C15H25N3O3. The van der Waals surface area contributed by atoms with E-state index in [4.69, 9.17) is 4.74 Å². The number of hydrogen-bond acceptors (Lipinski definition) is 5. The summed E-state index contributed by atoms with van der Waals surface area (Å²) in [6.45, 7) is 7.18. The molecule has 0 fully saturated rings. The van der Waals surface area contributed by atoms with Gasteiger partial charge in [0.05, 0.1) is 17.2 Å². The molecule has 0 aromatic carbocycles. The smallest absolute Gasteiger partial charge is 0.278 e. The van der Waals surface area contributed by atoms with E-state index >= 15 is 0 Å². The van der Waals surface area contributed by atoms with Crippen molar-refractivity contribution in [1.29, 1.82) is 0 Å². The summed E-state index contributed by atoms with van der Waals surface area (Å²) in [5.41, 5.74) is 2.27. The number of hydrogen-bond donors (Lipinski definition) is 1. The van der Waals surface area contributed by atoms with E-state index in [1.165, 1.54) is 0 Å². The molecule has 0 spiro atoms. The maximum atomic E-state index is 11.1. The standard InChI is InChI=1S/C15H25N3O3/c1-5-8-16-13(10-21-4)6-7-14-12(3)15(18(19)20)11(2)9-17-14/h9,13,16H,5-8,10H2,1-4H3. The largest absolute Gasteiger partial charge is 0.383 e. The second kappa shape index (κ2) is 8.69. The number of nitro groups is 1. The molecule has 1 heterocycles. The summed E-state index contributed by atoms with van der Waals surface area (Å²) in [5.74, 6) is 0. The third-order valence-corrected chi connectivity index (χ3v) is 3.54. The first-order valence-electron chi connectivity index (χ1n) is 7.33. The number of aromatic nitrogens is 1. The lowest BCUT2D eigenvalue weighted by Gasteiger charge is -2.17. The number of aryl methyl sites for hydroxylation is 2. The van der Waals surface area contributed by atoms with Crippen LogP contribution in [0.4, 0.5) is 5.69 Å². The lowest BCUT2D eigenvalue weighted by Crippen LogP contribution is -2.34. The van der Waals surface area contributed by atoms with E-state index in [0.717, 1.165) is 25.1 Å². The number of ether oxygens (including phenoxy) is 1. The predicted octanol–water partition coefficient (Wildman–Crippen LogP) is 2.55. The monoisotopic (exact) mass is 295 g/mol. The predicted molar refractivity (Wildman–Crippen MR) is 82.6 cm³/mol. The van der Waals surface area contributed by atoms with E-state index in [1.807, 2.05) is 0 Å². The summed E-state index contributed by atoms with van der Waals surface area (Å²) in [7, 11) is 1.68. The first kappa shape index (κ1) is 17.5. The fourth-order valence-corrected chi connectivity index (χ4v) is 2.40. The van der Waals surface area contributed by atoms with Gasteiger partial charge in [0.1, 0.15) is 0 Å². The van der Waals surface area contributed by atoms with Crippen LogP contribution < -0.4 is 5.32 Å². The Morgan fingerprint density at radius 2 is 2.19 bits per heavy atom. The molecular weight excluding hydrogens is 270 g/mol. The molecule has 0 bridgehead atoms. The van der Waals surface area contributed by atoms with Gasteiger partial charge in [-0.15, -0.1) is 0 Å². The molecule has 0 amide bonds. The topological polar surface area (TPSA) is 77.3 Å². The molecule has 0 aliphatic carbocycles. The van der Waals surface area contributed by atoms with Crippen LogP contribution in [-0.2, 0) is 11.2 Å². The molecule has 6 nitrogen and oxygen atoms in total. The molecule has 1 aromatic heterocycles. The minimum absolute atomic E-state index is 0.185. The van der Waals surface area contributed by atoms with Crippen LogP contribution in [0.5, 0.6) is 0 Å². The van der Waals surface area contributed by atoms with Gasteiger partial charge in [-0.1, -0.05) is 6.92 Å². The molecule has 1 aromatic rings. The van der Waals surface area contributed by atoms with Gasteiger partial charge in [-0.3, -0.25) is 15.1 Å². The average Bonchev–Trinajstić information content (AvgIpc) is 2.43. The van der Waals surface area contributed by atoms with E-state index in [2.05, 4.69) is 17.2 Å². The van der Waals surface area contributed by atoms with Crippen molar-refractivity contribution in [3.05, 3.63) is 33.1 Å². The summed E-state index contributed by atoms with van der Waals surface area (Å²) < 4.78 is 5.21. The van der Waals surface area contributed by atoms with Crippen molar-refractivity contribution in [3.63, 3.8) is 0 Å². The van der Waals surface area contributed by atoms with Crippen molar-refractivity contribution in [1.82, 2.24) is 10.3 Å². The van der Waals surface area contributed by atoms with Crippen LogP contribution in [0.2, 0.25) is 0 Å². The third kappa shape index (κ3) is 5.06. The van der Waals surface area contributed by atoms with Gasteiger partial charge in [0, 0.05) is 30.5 Å². The summed E-state index contributed by atoms with van der Waals surface area (Å²) in [4.78, 5) is 15.2. The molecule has 0 aliphatic rings. The van der Waals surface area contributed by atoms with Crippen molar-refractivity contribution in [2.75, 3.05) is 20.3 Å². The first-order valence-corrected chi connectivity index (χ1v) is 7.33. The van der Waals surface area contributed by atoms with E-state index in [0.29, 0.717) is 24.2 Å². The lowest BCUT2D eigenvalue weighted by molar-refractivity contribution is -0.386. The molecule has 0 saturated carbocycles. The SMILES string of the molecule is CCCNC(CCc1ncc(C)c([N+](=O)[O-])c1C)COC. The first-order chi connectivity index (χ1) is 10.0. The quantitative estimate of drug-likeness (QED) is 0.559. The molecule has 118 valence electrons. The Morgan fingerprint density at radius 1 is 1.48 bits per heavy atom. The van der Waals surface area contributed by atoms with Crippen molar-refractivity contribution in [2.45, 2.75) is 46.1 Å². The van der Waals surface area contributed by atoms with Gasteiger partial charge in [-0.05, 0) is 39.7 Å². The summed E-state index contributed by atoms with van der Waals surface area (Å²) in [6.07, 6.45) is 4.21. The highest BCUT2D eigenvalue weighted by Crippen LogP contribution is 2.24. The van der Waals surface area contributed by atoms with Crippen LogP contribution >= 0.6 is 0 Å². The summed E-state index contributed by atoms with van der Waals surface area (Å²) in [5, 5.41) is 14.5. The second-order valence-corrected chi connectivity index (χ2v) is 5.26. The van der Waals surface area contributed by atoms with E-state index in [9.17, 15) is 10.1 Å². The number of rotatable bonds is 9. The molecule has 1 unspecified atom stereocenters. The highest BCUT2D eigenvalue weighted by Gasteiger charge is 2.19. The minimum Gasteiger partial charge on any atom is -0.383 e. The molecule has 1 rings (SSSR count). The van der Waals surface area contributed by atoms with Crippen LogP contribution in [0.1, 0.15) is 36.6 Å². The van der Waals surface area contributed by atoms with Crippen LogP contribution in [0.15, 0.2) is 6.20 Å². The normalized spacial score (nSPS) is 12.4. The molecule has 0 radical (unpaired) electrons. The highest BCUT2D eigenvalue weighted by atomic mass is 16.6. The zero-order chi connectivity index (χ0) is 15.8. The summed E-state index contributed by atoms with van der Waals surface area (Å²) >= 11 is 0. The Bertz CT molecular complexity index is 477. The second-order valence-electron chi connectivity index (χ2n) is 5.26. The van der Waals surface area contributed by atoms with E-state index in [1.54, 1.807) is 27.2 Å². The van der Waals surface area contributed by atoms with Crippen molar-refractivity contribution in [2.24, 2.45) is 0 Å². The van der Waals surface area contributed by atoms with Crippen molar-refractivity contribution in [3.8, 4) is 0 Å². The molecule has 0 aliphatic heterocycles. The van der Waals surface area contributed by atoms with Crippen molar-refractivity contribution >= 4 is 5.69 Å². The van der Waals surface area contributed by atoms with Gasteiger partial charge in [0.2, 0.25) is 0 Å². The maximum Gasteiger partial charge on any atom is 0.278 e. The molecule has 1 N–H and O–H groups in total. The third-order valence-electron chi connectivity index (χ3n) is 3.54. The van der Waals surface area contributed by atoms with Gasteiger partial charge in [0.25, 0.3) is 5.69 Å². The van der Waals surface area contributed by atoms with Crippen LogP contribution in [-0.4, -0.2) is 36.2 Å². The van der Waals surface area contributed by atoms with Crippen LogP contribution in [0.3, 0.4) is 0 Å². The zero-order valence-electron chi connectivity index (χ0n) is 13.3.